The predicted octanol–water partition coefficient (Wildman–Crippen LogP) is 3.45. The highest BCUT2D eigenvalue weighted by Crippen LogP contribution is 2.28. The summed E-state index contributed by atoms with van der Waals surface area (Å²) >= 11 is 1.61. The molecule has 0 amide bonds. The summed E-state index contributed by atoms with van der Waals surface area (Å²) in [7, 11) is 1.88. The van der Waals surface area contributed by atoms with Crippen molar-refractivity contribution in [1.29, 1.82) is 0 Å². The first-order chi connectivity index (χ1) is 11.6. The lowest BCUT2D eigenvalue weighted by atomic mass is 10.0. The number of nitrogens with one attached hydrogen (secondary N) is 1. The molecule has 24 heavy (non-hydrogen) atoms. The Morgan fingerprint density at radius 2 is 1.83 bits per heavy atom. The van der Waals surface area contributed by atoms with Crippen molar-refractivity contribution in [2.45, 2.75) is 13.0 Å². The van der Waals surface area contributed by atoms with Crippen LogP contribution < -0.4 is 11.1 Å². The lowest BCUT2D eigenvalue weighted by Crippen LogP contribution is -2.15. The highest BCUT2D eigenvalue weighted by Gasteiger charge is 2.05. The number of aromatic nitrogens is 2. The van der Waals surface area contributed by atoms with Gasteiger partial charge in [0.1, 0.15) is 6.29 Å². The van der Waals surface area contributed by atoms with E-state index < -0.39 is 0 Å². The molecule has 6 heteroatoms. The molecule has 0 saturated heterocycles. The normalized spacial score (nSPS) is 11.1. The molecule has 3 rings (SSSR count). The second-order valence-corrected chi connectivity index (χ2v) is 5.96. The SMILES string of the molecule is CC(N)C=O.CNc1nc(-c2cccc(-c3ccncc3)c2)cs1. The molecular formula is C18H20N4OS. The summed E-state index contributed by atoms with van der Waals surface area (Å²) in [5.41, 5.74) is 9.41. The molecule has 3 aromatic rings. The van der Waals surface area contributed by atoms with Gasteiger partial charge in [0.15, 0.2) is 5.13 Å². The zero-order chi connectivity index (χ0) is 17.4. The molecule has 0 bridgehead atoms. The van der Waals surface area contributed by atoms with Crippen LogP contribution >= 0.6 is 11.3 Å². The highest BCUT2D eigenvalue weighted by molar-refractivity contribution is 7.14. The Morgan fingerprint density at radius 3 is 2.42 bits per heavy atom. The van der Waals surface area contributed by atoms with E-state index in [4.69, 9.17) is 5.73 Å². The summed E-state index contributed by atoms with van der Waals surface area (Å²) in [6.45, 7) is 1.63. The van der Waals surface area contributed by atoms with Crippen LogP contribution in [0, 0.1) is 0 Å². The first-order valence-electron chi connectivity index (χ1n) is 7.49. The maximum absolute atomic E-state index is 9.38. The zero-order valence-corrected chi connectivity index (χ0v) is 14.5. The van der Waals surface area contributed by atoms with E-state index in [9.17, 15) is 4.79 Å². The first kappa shape index (κ1) is 17.8. The third-order valence-electron chi connectivity index (χ3n) is 3.10. The van der Waals surface area contributed by atoms with Gasteiger partial charge in [-0.1, -0.05) is 18.2 Å². The van der Waals surface area contributed by atoms with Crippen LogP contribution in [-0.2, 0) is 4.79 Å². The number of anilines is 1. The molecule has 2 heterocycles. The van der Waals surface area contributed by atoms with Gasteiger partial charge in [0.05, 0.1) is 11.7 Å². The van der Waals surface area contributed by atoms with E-state index in [1.54, 1.807) is 18.3 Å². The number of nitrogens with two attached hydrogens (primary N) is 1. The summed E-state index contributed by atoms with van der Waals surface area (Å²) in [5, 5.41) is 6.06. The third-order valence-corrected chi connectivity index (χ3v) is 3.96. The summed E-state index contributed by atoms with van der Waals surface area (Å²) < 4.78 is 0. The van der Waals surface area contributed by atoms with Crippen LogP contribution in [0.25, 0.3) is 22.4 Å². The molecule has 1 atom stereocenters. The predicted molar refractivity (Wildman–Crippen MR) is 100 cm³/mol. The lowest BCUT2D eigenvalue weighted by molar-refractivity contribution is -0.108. The van der Waals surface area contributed by atoms with Gasteiger partial charge in [0.25, 0.3) is 0 Å². The molecular weight excluding hydrogens is 320 g/mol. The topological polar surface area (TPSA) is 80.9 Å². The van der Waals surface area contributed by atoms with Crippen LogP contribution in [0.5, 0.6) is 0 Å². The average molecular weight is 340 g/mol. The summed E-state index contributed by atoms with van der Waals surface area (Å²) in [4.78, 5) is 18.0. The van der Waals surface area contributed by atoms with E-state index in [-0.39, 0.29) is 6.04 Å². The van der Waals surface area contributed by atoms with Crippen molar-refractivity contribution in [2.24, 2.45) is 5.73 Å². The molecule has 0 aliphatic carbocycles. The first-order valence-corrected chi connectivity index (χ1v) is 8.37. The number of aldehydes is 1. The number of hydrogen-bond acceptors (Lipinski definition) is 6. The molecule has 0 fully saturated rings. The van der Waals surface area contributed by atoms with Crippen LogP contribution in [0.2, 0.25) is 0 Å². The Kier molecular flexibility index (Phi) is 6.60. The number of carbonyl (C=O) groups excluding carboxylic acids is 1. The highest BCUT2D eigenvalue weighted by atomic mass is 32.1. The Bertz CT molecular complexity index is 771. The Hall–Kier alpha value is -2.57. The molecule has 0 saturated carbocycles. The molecule has 0 spiro atoms. The maximum atomic E-state index is 9.38. The van der Waals surface area contributed by atoms with Gasteiger partial charge in [-0.15, -0.1) is 11.3 Å². The van der Waals surface area contributed by atoms with Crippen LogP contribution in [0.4, 0.5) is 5.13 Å². The Labute approximate surface area is 145 Å². The second-order valence-electron chi connectivity index (χ2n) is 5.10. The van der Waals surface area contributed by atoms with E-state index in [1.165, 1.54) is 11.1 Å². The fraction of sp³-hybridized carbons (Fsp3) is 0.167. The maximum Gasteiger partial charge on any atom is 0.182 e. The van der Waals surface area contributed by atoms with E-state index in [0.717, 1.165) is 16.4 Å². The molecule has 0 radical (unpaired) electrons. The minimum absolute atomic E-state index is 0.296. The van der Waals surface area contributed by atoms with Crippen LogP contribution in [0.3, 0.4) is 0 Å². The number of rotatable bonds is 4. The van der Waals surface area contributed by atoms with Gasteiger partial charge in [0.2, 0.25) is 0 Å². The molecule has 5 nitrogen and oxygen atoms in total. The van der Waals surface area contributed by atoms with Gasteiger partial charge in [-0.2, -0.15) is 0 Å². The summed E-state index contributed by atoms with van der Waals surface area (Å²) in [6, 6.07) is 12.1. The monoisotopic (exact) mass is 340 g/mol. The van der Waals surface area contributed by atoms with Crippen molar-refractivity contribution < 1.29 is 4.79 Å². The van der Waals surface area contributed by atoms with Crippen molar-refractivity contribution >= 4 is 22.8 Å². The van der Waals surface area contributed by atoms with E-state index in [1.807, 2.05) is 31.6 Å². The van der Waals surface area contributed by atoms with Gasteiger partial charge in [-0.3, -0.25) is 4.98 Å². The number of carbonyl (C=O) groups is 1. The summed E-state index contributed by atoms with van der Waals surface area (Å²) in [6.07, 6.45) is 4.31. The largest absolute Gasteiger partial charge is 0.365 e. The van der Waals surface area contributed by atoms with Crippen molar-refractivity contribution in [3.8, 4) is 22.4 Å². The minimum Gasteiger partial charge on any atom is -0.365 e. The van der Waals surface area contributed by atoms with Gasteiger partial charge < -0.3 is 15.8 Å². The van der Waals surface area contributed by atoms with Crippen molar-refractivity contribution in [1.82, 2.24) is 9.97 Å². The van der Waals surface area contributed by atoms with Gasteiger partial charge >= 0.3 is 0 Å². The zero-order valence-electron chi connectivity index (χ0n) is 13.6. The van der Waals surface area contributed by atoms with Crippen LogP contribution in [0.1, 0.15) is 6.92 Å². The van der Waals surface area contributed by atoms with E-state index in [2.05, 4.69) is 44.9 Å². The van der Waals surface area contributed by atoms with Crippen LogP contribution in [-0.4, -0.2) is 29.3 Å². The molecule has 3 N–H and O–H groups in total. The van der Waals surface area contributed by atoms with Crippen LogP contribution in [0.15, 0.2) is 54.2 Å². The fourth-order valence-electron chi connectivity index (χ4n) is 1.92. The Morgan fingerprint density at radius 1 is 1.17 bits per heavy atom. The Balaban J connectivity index is 0.000000368. The minimum atomic E-state index is -0.296. The number of nitrogens with zero attached hydrogens (tertiary/aromatic N) is 2. The fourth-order valence-corrected chi connectivity index (χ4v) is 2.60. The molecule has 1 unspecified atom stereocenters. The summed E-state index contributed by atoms with van der Waals surface area (Å²) in [5.74, 6) is 0. The van der Waals surface area contributed by atoms with Crippen molar-refractivity contribution in [3.63, 3.8) is 0 Å². The van der Waals surface area contributed by atoms with Gasteiger partial charge in [-0.05, 0) is 36.2 Å². The third kappa shape index (κ3) is 4.97. The number of hydrogen-bond donors (Lipinski definition) is 2. The van der Waals surface area contributed by atoms with Gasteiger partial charge in [-0.25, -0.2) is 4.98 Å². The molecule has 0 aliphatic rings. The molecule has 0 aliphatic heterocycles. The van der Waals surface area contributed by atoms with E-state index >= 15 is 0 Å². The number of benzene rings is 1. The average Bonchev–Trinajstić information content (AvgIpc) is 3.12. The number of thiazole rings is 1. The molecule has 2 aromatic heterocycles. The number of pyridine rings is 1. The quantitative estimate of drug-likeness (QED) is 0.711. The van der Waals surface area contributed by atoms with E-state index in [0.29, 0.717) is 6.29 Å². The van der Waals surface area contributed by atoms with Gasteiger partial charge in [0, 0.05) is 30.4 Å². The second kappa shape index (κ2) is 8.90. The smallest absolute Gasteiger partial charge is 0.182 e. The molecule has 124 valence electrons. The molecule has 1 aromatic carbocycles. The lowest BCUT2D eigenvalue weighted by Gasteiger charge is -2.03. The van der Waals surface area contributed by atoms with Crippen molar-refractivity contribution in [3.05, 3.63) is 54.2 Å². The van der Waals surface area contributed by atoms with Crippen molar-refractivity contribution in [2.75, 3.05) is 12.4 Å². The standard InChI is InChI=1S/C15H13N3S.C3H7NO/c1-16-15-18-14(10-19-15)13-4-2-3-12(9-13)11-5-7-17-8-6-11;1-3(4)2-5/h2-10H,1H3,(H,16,18);2-3H,4H2,1H3.